The van der Waals surface area contributed by atoms with E-state index in [2.05, 4.69) is 4.99 Å². The molecule has 0 aliphatic carbocycles. The summed E-state index contributed by atoms with van der Waals surface area (Å²) in [4.78, 5) is 16.4. The standard InChI is InChI=1S/C20H18ClNO4/c1-24-17-9-7-13(12-18(17)25-2)11-16-20(23)26-19(22-16)10-8-14-5-3-4-6-15(14)21/h3-7,9,11-12H,8,10H2,1-2H3/b16-11+. The van der Waals surface area contributed by atoms with Crippen LogP contribution in [0.3, 0.4) is 0 Å². The van der Waals surface area contributed by atoms with Crippen molar-refractivity contribution in [3.8, 4) is 11.5 Å². The highest BCUT2D eigenvalue weighted by molar-refractivity contribution is 6.31. The maximum atomic E-state index is 12.1. The van der Waals surface area contributed by atoms with Crippen LogP contribution < -0.4 is 9.47 Å². The molecule has 0 bridgehead atoms. The number of carbonyl (C=O) groups is 1. The number of ether oxygens (including phenoxy) is 3. The van der Waals surface area contributed by atoms with Gasteiger partial charge >= 0.3 is 5.97 Å². The fourth-order valence-electron chi connectivity index (χ4n) is 2.60. The zero-order chi connectivity index (χ0) is 18.5. The van der Waals surface area contributed by atoms with Gasteiger partial charge in [-0.05, 0) is 41.8 Å². The number of benzene rings is 2. The Morgan fingerprint density at radius 3 is 2.58 bits per heavy atom. The van der Waals surface area contributed by atoms with Crippen LogP contribution in [0, 0.1) is 0 Å². The van der Waals surface area contributed by atoms with Crippen LogP contribution in [0.4, 0.5) is 0 Å². The number of carbonyl (C=O) groups excluding carboxylic acids is 1. The lowest BCUT2D eigenvalue weighted by molar-refractivity contribution is -0.130. The molecular formula is C20H18ClNO4. The van der Waals surface area contributed by atoms with E-state index in [1.165, 1.54) is 0 Å². The molecule has 134 valence electrons. The first kappa shape index (κ1) is 18.0. The molecule has 2 aromatic carbocycles. The van der Waals surface area contributed by atoms with Crippen LogP contribution in [0.2, 0.25) is 5.02 Å². The highest BCUT2D eigenvalue weighted by Crippen LogP contribution is 2.29. The van der Waals surface area contributed by atoms with Crippen molar-refractivity contribution >= 4 is 29.5 Å². The van der Waals surface area contributed by atoms with Crippen molar-refractivity contribution in [3.05, 3.63) is 64.3 Å². The molecular weight excluding hydrogens is 354 g/mol. The summed E-state index contributed by atoms with van der Waals surface area (Å²) < 4.78 is 15.7. The van der Waals surface area contributed by atoms with Crippen molar-refractivity contribution in [1.29, 1.82) is 0 Å². The molecule has 0 saturated heterocycles. The Bertz CT molecular complexity index is 889. The molecule has 2 aromatic rings. The maximum absolute atomic E-state index is 12.1. The summed E-state index contributed by atoms with van der Waals surface area (Å²) in [7, 11) is 3.13. The molecule has 0 unspecified atom stereocenters. The largest absolute Gasteiger partial charge is 0.493 e. The van der Waals surface area contributed by atoms with E-state index in [1.54, 1.807) is 32.4 Å². The van der Waals surface area contributed by atoms with Gasteiger partial charge in [0.05, 0.1) is 14.2 Å². The molecule has 0 spiro atoms. The Morgan fingerprint density at radius 1 is 1.08 bits per heavy atom. The van der Waals surface area contributed by atoms with E-state index in [1.807, 2.05) is 30.3 Å². The lowest BCUT2D eigenvalue weighted by Crippen LogP contribution is -2.05. The summed E-state index contributed by atoms with van der Waals surface area (Å²) in [6.45, 7) is 0. The number of aryl methyl sites for hydroxylation is 1. The van der Waals surface area contributed by atoms with Gasteiger partial charge < -0.3 is 14.2 Å². The van der Waals surface area contributed by atoms with Crippen LogP contribution in [0.25, 0.3) is 6.08 Å². The van der Waals surface area contributed by atoms with Crippen LogP contribution in [0.5, 0.6) is 11.5 Å². The highest BCUT2D eigenvalue weighted by Gasteiger charge is 2.23. The molecule has 0 N–H and O–H groups in total. The number of aliphatic imine (C=N–C) groups is 1. The van der Waals surface area contributed by atoms with Crippen molar-refractivity contribution in [2.24, 2.45) is 4.99 Å². The van der Waals surface area contributed by atoms with Crippen LogP contribution in [0.1, 0.15) is 17.5 Å². The fraction of sp³-hybridized carbons (Fsp3) is 0.200. The fourth-order valence-corrected chi connectivity index (χ4v) is 2.83. The van der Waals surface area contributed by atoms with Crippen molar-refractivity contribution in [2.45, 2.75) is 12.8 Å². The highest BCUT2D eigenvalue weighted by atomic mass is 35.5. The van der Waals surface area contributed by atoms with Gasteiger partial charge in [-0.1, -0.05) is 35.9 Å². The summed E-state index contributed by atoms with van der Waals surface area (Å²) in [5.74, 6) is 1.12. The summed E-state index contributed by atoms with van der Waals surface area (Å²) in [6, 6.07) is 12.9. The minimum atomic E-state index is -0.464. The second kappa shape index (κ2) is 8.06. The van der Waals surface area contributed by atoms with Crippen LogP contribution >= 0.6 is 11.6 Å². The third-order valence-electron chi connectivity index (χ3n) is 3.94. The Balaban J connectivity index is 1.75. The average molecular weight is 372 g/mol. The summed E-state index contributed by atoms with van der Waals surface area (Å²) >= 11 is 6.15. The molecule has 0 amide bonds. The Labute approximate surface area is 156 Å². The van der Waals surface area contributed by atoms with Gasteiger partial charge in [-0.15, -0.1) is 0 Å². The lowest BCUT2D eigenvalue weighted by Gasteiger charge is -2.07. The zero-order valence-electron chi connectivity index (χ0n) is 14.5. The predicted molar refractivity (Wildman–Crippen MR) is 101 cm³/mol. The molecule has 1 heterocycles. The van der Waals surface area contributed by atoms with Crippen LogP contribution in [-0.4, -0.2) is 26.1 Å². The number of hydrogen-bond acceptors (Lipinski definition) is 5. The lowest BCUT2D eigenvalue weighted by atomic mass is 10.1. The molecule has 6 heteroatoms. The third kappa shape index (κ3) is 4.06. The minimum Gasteiger partial charge on any atom is -0.493 e. The number of cyclic esters (lactones) is 1. The summed E-state index contributed by atoms with van der Waals surface area (Å²) in [5, 5.41) is 0.693. The molecule has 1 aliphatic rings. The van der Waals surface area contributed by atoms with Crippen LogP contribution in [0.15, 0.2) is 53.2 Å². The molecule has 0 radical (unpaired) electrons. The summed E-state index contributed by atoms with van der Waals surface area (Å²) in [5.41, 5.74) is 2.02. The Morgan fingerprint density at radius 2 is 1.85 bits per heavy atom. The first-order chi connectivity index (χ1) is 12.6. The first-order valence-corrected chi connectivity index (χ1v) is 8.45. The Hall–Kier alpha value is -2.79. The zero-order valence-corrected chi connectivity index (χ0v) is 15.2. The SMILES string of the molecule is COc1ccc(/C=C2/N=C(CCc3ccccc3Cl)OC2=O)cc1OC. The smallest absolute Gasteiger partial charge is 0.363 e. The van der Waals surface area contributed by atoms with Crippen LogP contribution in [-0.2, 0) is 16.0 Å². The molecule has 0 saturated carbocycles. The van der Waals surface area contributed by atoms with Gasteiger partial charge in [0, 0.05) is 11.4 Å². The van der Waals surface area contributed by atoms with E-state index in [9.17, 15) is 4.79 Å². The number of rotatable bonds is 6. The normalized spacial score (nSPS) is 15.0. The second-order valence-corrected chi connectivity index (χ2v) is 6.04. The van der Waals surface area contributed by atoms with Crippen molar-refractivity contribution < 1.29 is 19.0 Å². The molecule has 1 aliphatic heterocycles. The van der Waals surface area contributed by atoms with E-state index < -0.39 is 5.97 Å². The summed E-state index contributed by atoms with van der Waals surface area (Å²) in [6.07, 6.45) is 2.81. The number of nitrogens with zero attached hydrogens (tertiary/aromatic N) is 1. The first-order valence-electron chi connectivity index (χ1n) is 8.07. The van der Waals surface area contributed by atoms with Crippen molar-refractivity contribution in [3.63, 3.8) is 0 Å². The van der Waals surface area contributed by atoms with E-state index in [4.69, 9.17) is 25.8 Å². The van der Waals surface area contributed by atoms with Gasteiger partial charge in [0.2, 0.25) is 0 Å². The number of halogens is 1. The molecule has 0 fully saturated rings. The van der Waals surface area contributed by atoms with Gasteiger partial charge in [-0.3, -0.25) is 0 Å². The molecule has 5 nitrogen and oxygen atoms in total. The third-order valence-corrected chi connectivity index (χ3v) is 4.31. The van der Waals surface area contributed by atoms with Gasteiger partial charge in [-0.2, -0.15) is 0 Å². The van der Waals surface area contributed by atoms with Gasteiger partial charge in [0.1, 0.15) is 0 Å². The quantitative estimate of drug-likeness (QED) is 0.561. The topological polar surface area (TPSA) is 57.1 Å². The van der Waals surface area contributed by atoms with Gasteiger partial charge in [0.15, 0.2) is 23.1 Å². The molecule has 0 atom stereocenters. The van der Waals surface area contributed by atoms with Crippen molar-refractivity contribution in [2.75, 3.05) is 14.2 Å². The van der Waals surface area contributed by atoms with E-state index in [0.717, 1.165) is 11.1 Å². The monoisotopic (exact) mass is 371 g/mol. The molecule has 0 aromatic heterocycles. The minimum absolute atomic E-state index is 0.256. The number of hydrogen-bond donors (Lipinski definition) is 0. The number of methoxy groups -OCH3 is 2. The second-order valence-electron chi connectivity index (χ2n) is 5.63. The van der Waals surface area contributed by atoms with Crippen molar-refractivity contribution in [1.82, 2.24) is 0 Å². The van der Waals surface area contributed by atoms with Gasteiger partial charge in [0.25, 0.3) is 0 Å². The predicted octanol–water partition coefficient (Wildman–Crippen LogP) is 4.29. The van der Waals surface area contributed by atoms with E-state index >= 15 is 0 Å². The Kier molecular flexibility index (Phi) is 5.58. The number of esters is 1. The van der Waals surface area contributed by atoms with Gasteiger partial charge in [-0.25, -0.2) is 9.79 Å². The average Bonchev–Trinajstić information content (AvgIpc) is 3.00. The molecule has 3 rings (SSSR count). The molecule has 26 heavy (non-hydrogen) atoms. The van der Waals surface area contributed by atoms with E-state index in [0.29, 0.717) is 35.3 Å². The van der Waals surface area contributed by atoms with E-state index in [-0.39, 0.29) is 5.70 Å². The maximum Gasteiger partial charge on any atom is 0.363 e.